The SMILES string of the molecule is CSCc1nnc(SC(C)C(=O)Nc2c(Cl)cccc2Cl)o1. The summed E-state index contributed by atoms with van der Waals surface area (Å²) >= 11 is 14.8. The summed E-state index contributed by atoms with van der Waals surface area (Å²) in [5, 5.41) is 11.2. The Morgan fingerprint density at radius 2 is 2.05 bits per heavy atom. The van der Waals surface area contributed by atoms with Gasteiger partial charge in [-0.1, -0.05) is 41.0 Å². The topological polar surface area (TPSA) is 68.0 Å². The summed E-state index contributed by atoms with van der Waals surface area (Å²) in [5.41, 5.74) is 0.400. The van der Waals surface area contributed by atoms with Gasteiger partial charge in [0, 0.05) is 0 Å². The van der Waals surface area contributed by atoms with Gasteiger partial charge in [0.25, 0.3) is 5.22 Å². The second-order valence-corrected chi connectivity index (χ2v) is 7.21. The van der Waals surface area contributed by atoms with Crippen molar-refractivity contribution in [1.82, 2.24) is 10.2 Å². The maximum atomic E-state index is 12.2. The Morgan fingerprint density at radius 3 is 2.68 bits per heavy atom. The number of carbonyl (C=O) groups excluding carboxylic acids is 1. The average molecular weight is 378 g/mol. The molecule has 0 bridgehead atoms. The lowest BCUT2D eigenvalue weighted by Crippen LogP contribution is -2.22. The van der Waals surface area contributed by atoms with E-state index in [1.165, 1.54) is 11.8 Å². The normalized spacial score (nSPS) is 12.2. The Kier molecular flexibility index (Phi) is 6.43. The maximum absolute atomic E-state index is 12.2. The average Bonchev–Trinajstić information content (AvgIpc) is 2.90. The lowest BCUT2D eigenvalue weighted by Gasteiger charge is -2.12. The Labute approximate surface area is 146 Å². The Hall–Kier alpha value is -0.890. The number of carbonyl (C=O) groups is 1. The molecule has 1 aromatic carbocycles. The molecular weight excluding hydrogens is 365 g/mol. The van der Waals surface area contributed by atoms with Crippen molar-refractivity contribution in [2.45, 2.75) is 23.1 Å². The molecule has 0 fully saturated rings. The summed E-state index contributed by atoms with van der Waals surface area (Å²) in [7, 11) is 0. The fourth-order valence-electron chi connectivity index (χ4n) is 1.51. The largest absolute Gasteiger partial charge is 0.415 e. The lowest BCUT2D eigenvalue weighted by atomic mass is 10.3. The van der Waals surface area contributed by atoms with Gasteiger partial charge in [0.2, 0.25) is 11.8 Å². The zero-order valence-corrected chi connectivity index (χ0v) is 14.9. The van der Waals surface area contributed by atoms with Gasteiger partial charge in [-0.2, -0.15) is 11.8 Å². The molecule has 0 aliphatic heterocycles. The second kappa shape index (κ2) is 8.10. The molecule has 2 rings (SSSR count). The third-order valence-corrected chi connectivity index (χ3v) is 4.67. The predicted octanol–water partition coefficient (Wildman–Crippen LogP) is 4.36. The van der Waals surface area contributed by atoms with Gasteiger partial charge in [-0.15, -0.1) is 10.2 Å². The Morgan fingerprint density at radius 1 is 1.36 bits per heavy atom. The van der Waals surface area contributed by atoms with E-state index in [4.69, 9.17) is 27.6 Å². The van der Waals surface area contributed by atoms with Gasteiger partial charge in [-0.3, -0.25) is 4.79 Å². The van der Waals surface area contributed by atoms with Crippen LogP contribution in [0.2, 0.25) is 10.0 Å². The number of benzene rings is 1. The molecule has 2 aromatic rings. The minimum Gasteiger partial charge on any atom is -0.415 e. The number of anilines is 1. The first-order chi connectivity index (χ1) is 10.5. The molecule has 1 heterocycles. The van der Waals surface area contributed by atoms with Crippen LogP contribution in [0.3, 0.4) is 0 Å². The van der Waals surface area contributed by atoms with Crippen molar-refractivity contribution in [3.63, 3.8) is 0 Å². The van der Waals surface area contributed by atoms with E-state index in [1.807, 2.05) is 6.26 Å². The first-order valence-corrected chi connectivity index (χ1v) is 9.27. The van der Waals surface area contributed by atoms with E-state index >= 15 is 0 Å². The van der Waals surface area contributed by atoms with E-state index < -0.39 is 5.25 Å². The number of hydrogen-bond donors (Lipinski definition) is 1. The summed E-state index contributed by atoms with van der Waals surface area (Å²) in [6, 6.07) is 5.03. The fraction of sp³-hybridized carbons (Fsp3) is 0.308. The quantitative estimate of drug-likeness (QED) is 0.754. The van der Waals surface area contributed by atoms with Crippen LogP contribution in [-0.4, -0.2) is 27.6 Å². The molecular formula is C13H13Cl2N3O2S2. The molecule has 0 radical (unpaired) electrons. The van der Waals surface area contributed by atoms with Crippen molar-refractivity contribution in [3.05, 3.63) is 34.1 Å². The highest BCUT2D eigenvalue weighted by molar-refractivity contribution is 8.00. The molecule has 0 spiro atoms. The molecule has 1 aromatic heterocycles. The molecule has 1 amide bonds. The van der Waals surface area contributed by atoms with Crippen LogP contribution in [0.15, 0.2) is 27.8 Å². The van der Waals surface area contributed by atoms with E-state index in [1.54, 1.807) is 36.9 Å². The summed E-state index contributed by atoms with van der Waals surface area (Å²) in [6.07, 6.45) is 1.94. The van der Waals surface area contributed by atoms with Crippen LogP contribution in [0.1, 0.15) is 12.8 Å². The van der Waals surface area contributed by atoms with Crippen molar-refractivity contribution in [2.24, 2.45) is 0 Å². The fourth-order valence-corrected chi connectivity index (χ4v) is 3.07. The van der Waals surface area contributed by atoms with Crippen LogP contribution < -0.4 is 5.32 Å². The van der Waals surface area contributed by atoms with E-state index in [9.17, 15) is 4.79 Å². The van der Waals surface area contributed by atoms with Crippen LogP contribution >= 0.6 is 46.7 Å². The minimum absolute atomic E-state index is 0.246. The van der Waals surface area contributed by atoms with Gasteiger partial charge >= 0.3 is 0 Å². The molecule has 22 heavy (non-hydrogen) atoms. The first kappa shape index (κ1) is 17.5. The summed E-state index contributed by atoms with van der Waals surface area (Å²) in [5.74, 6) is 0.935. The van der Waals surface area contributed by atoms with E-state index in [0.717, 1.165) is 0 Å². The van der Waals surface area contributed by atoms with E-state index in [-0.39, 0.29) is 5.91 Å². The standard InChI is InChI=1S/C13H13Cl2N3O2S2/c1-7(22-13-18-17-10(20-13)6-21-2)12(19)16-11-8(14)4-3-5-9(11)15/h3-5,7H,6H2,1-2H3,(H,16,19). The lowest BCUT2D eigenvalue weighted by molar-refractivity contribution is -0.115. The molecule has 0 aliphatic carbocycles. The summed E-state index contributed by atoms with van der Waals surface area (Å²) < 4.78 is 5.43. The van der Waals surface area contributed by atoms with Crippen LogP contribution in [0.4, 0.5) is 5.69 Å². The smallest absolute Gasteiger partial charge is 0.277 e. The zero-order chi connectivity index (χ0) is 16.1. The van der Waals surface area contributed by atoms with Crippen LogP contribution in [0.5, 0.6) is 0 Å². The van der Waals surface area contributed by atoms with Gasteiger partial charge in [0.05, 0.1) is 26.7 Å². The van der Waals surface area contributed by atoms with Crippen LogP contribution in [-0.2, 0) is 10.5 Å². The molecule has 1 unspecified atom stereocenters. The van der Waals surface area contributed by atoms with Crippen LogP contribution in [0.25, 0.3) is 0 Å². The Bertz CT molecular complexity index is 646. The van der Waals surface area contributed by atoms with Gasteiger partial charge in [0.15, 0.2) is 0 Å². The maximum Gasteiger partial charge on any atom is 0.277 e. The predicted molar refractivity (Wildman–Crippen MR) is 91.9 cm³/mol. The van der Waals surface area contributed by atoms with Crippen molar-refractivity contribution in [2.75, 3.05) is 11.6 Å². The number of aromatic nitrogens is 2. The third kappa shape index (κ3) is 4.55. The molecule has 9 heteroatoms. The molecule has 0 saturated heterocycles. The number of nitrogens with zero attached hydrogens (tertiary/aromatic N) is 2. The summed E-state index contributed by atoms with van der Waals surface area (Å²) in [6.45, 7) is 1.74. The number of amides is 1. The number of thioether (sulfide) groups is 2. The second-order valence-electron chi connectivity index (χ2n) is 4.24. The highest BCUT2D eigenvalue weighted by Crippen LogP contribution is 2.31. The molecule has 0 aliphatic rings. The number of nitrogens with one attached hydrogen (secondary N) is 1. The monoisotopic (exact) mass is 377 g/mol. The zero-order valence-electron chi connectivity index (χ0n) is 11.8. The van der Waals surface area contributed by atoms with Crippen molar-refractivity contribution >= 4 is 58.3 Å². The van der Waals surface area contributed by atoms with Gasteiger partial charge in [-0.05, 0) is 25.3 Å². The molecule has 118 valence electrons. The van der Waals surface area contributed by atoms with E-state index in [2.05, 4.69) is 15.5 Å². The van der Waals surface area contributed by atoms with Crippen molar-refractivity contribution in [1.29, 1.82) is 0 Å². The Balaban J connectivity index is 1.99. The van der Waals surface area contributed by atoms with Crippen molar-refractivity contribution in [3.8, 4) is 0 Å². The number of rotatable bonds is 6. The third-order valence-electron chi connectivity index (χ3n) is 2.57. The molecule has 1 N–H and O–H groups in total. The molecule has 0 saturated carbocycles. The molecule has 5 nitrogen and oxygen atoms in total. The minimum atomic E-state index is -0.435. The van der Waals surface area contributed by atoms with Gasteiger partial charge in [-0.25, -0.2) is 0 Å². The summed E-state index contributed by atoms with van der Waals surface area (Å²) in [4.78, 5) is 12.2. The van der Waals surface area contributed by atoms with Gasteiger partial charge in [0.1, 0.15) is 0 Å². The number of para-hydroxylation sites is 1. The van der Waals surface area contributed by atoms with Gasteiger partial charge < -0.3 is 9.73 Å². The number of halogens is 2. The highest BCUT2D eigenvalue weighted by Gasteiger charge is 2.20. The molecule has 1 atom stereocenters. The van der Waals surface area contributed by atoms with Crippen LogP contribution in [0, 0.1) is 0 Å². The van der Waals surface area contributed by atoms with Crippen molar-refractivity contribution < 1.29 is 9.21 Å². The highest BCUT2D eigenvalue weighted by atomic mass is 35.5. The van der Waals surface area contributed by atoms with E-state index in [0.29, 0.717) is 32.6 Å². The number of hydrogen-bond acceptors (Lipinski definition) is 6. The first-order valence-electron chi connectivity index (χ1n) is 6.24.